The molecule has 2 bridgehead atoms. The zero-order valence-corrected chi connectivity index (χ0v) is 19.7. The fraction of sp³-hybridized carbons (Fsp3) is 0.542. The van der Waals surface area contributed by atoms with E-state index < -0.39 is 52.9 Å². The summed E-state index contributed by atoms with van der Waals surface area (Å²) >= 11 is 0. The number of ether oxygens (including phenoxy) is 1. The third-order valence-corrected chi connectivity index (χ3v) is 7.84. The molecule has 1 aromatic carbocycles. The van der Waals surface area contributed by atoms with Crippen LogP contribution in [-0.4, -0.2) is 89.2 Å². The van der Waals surface area contributed by atoms with Gasteiger partial charge in [0, 0.05) is 6.54 Å². The van der Waals surface area contributed by atoms with E-state index >= 15 is 0 Å². The summed E-state index contributed by atoms with van der Waals surface area (Å²) in [5.41, 5.74) is -0.896. The van der Waals surface area contributed by atoms with Crippen LogP contribution >= 0.6 is 0 Å². The number of fused-ring (bicyclic) bond motifs is 2. The minimum absolute atomic E-state index is 0.0533. The molecule has 3 fully saturated rings. The van der Waals surface area contributed by atoms with Crippen LogP contribution in [0.25, 0.3) is 11.0 Å². The van der Waals surface area contributed by atoms with E-state index in [9.17, 15) is 24.6 Å². The lowest BCUT2D eigenvalue weighted by molar-refractivity contribution is -0.158. The van der Waals surface area contributed by atoms with Crippen LogP contribution in [0.4, 0.5) is 0 Å². The SMILES string of the molecule is C=CCN(Cn1nnc2ccccc21)C(=O)C1N([C@H](C)CO)C(=O)[C@@H]2[C@H](C(=O)O)[C@]3(C)CCC12O3. The maximum Gasteiger partial charge on any atom is 0.310 e. The van der Waals surface area contributed by atoms with E-state index in [1.54, 1.807) is 24.6 Å². The molecule has 2 aromatic rings. The van der Waals surface area contributed by atoms with Crippen molar-refractivity contribution in [2.45, 2.75) is 56.6 Å². The fourth-order valence-electron chi connectivity index (χ4n) is 6.31. The van der Waals surface area contributed by atoms with Crippen molar-refractivity contribution in [2.75, 3.05) is 13.2 Å². The molecule has 2 amide bonds. The van der Waals surface area contributed by atoms with Crippen LogP contribution in [0.1, 0.15) is 26.7 Å². The number of likely N-dealkylation sites (tertiary alicyclic amines) is 1. The number of aliphatic hydroxyl groups is 1. The van der Waals surface area contributed by atoms with Crippen LogP contribution in [0.2, 0.25) is 0 Å². The zero-order valence-electron chi connectivity index (χ0n) is 19.7. The monoisotopic (exact) mass is 483 g/mol. The fourth-order valence-corrected chi connectivity index (χ4v) is 6.31. The Morgan fingerprint density at radius 1 is 1.37 bits per heavy atom. The first kappa shape index (κ1) is 23.4. The Kier molecular flexibility index (Phi) is 5.44. The first-order valence-electron chi connectivity index (χ1n) is 11.7. The molecule has 0 radical (unpaired) electrons. The van der Waals surface area contributed by atoms with Crippen molar-refractivity contribution in [3.8, 4) is 0 Å². The third kappa shape index (κ3) is 3.21. The van der Waals surface area contributed by atoms with Crippen molar-refractivity contribution in [3.63, 3.8) is 0 Å². The predicted molar refractivity (Wildman–Crippen MR) is 123 cm³/mol. The lowest BCUT2D eigenvalue weighted by Gasteiger charge is -2.38. The molecule has 3 saturated heterocycles. The Hall–Kier alpha value is -3.31. The highest BCUT2D eigenvalue weighted by Gasteiger charge is 2.78. The number of hydrogen-bond acceptors (Lipinski definition) is 7. The highest BCUT2D eigenvalue weighted by atomic mass is 16.5. The number of carbonyl (C=O) groups is 3. The molecule has 4 heterocycles. The standard InChI is InChI=1S/C24H29N5O6/c1-4-11-27(13-28-16-8-6-5-7-15(16)25-26-28)21(32)19-24-10-9-23(3,35-24)18(22(33)34)17(24)20(31)29(19)14(2)12-30/h4-8,14,17-19,30H,1,9-13H2,2-3H3,(H,33,34)/t14-,17+,18-,19?,23+,24?/m1/s1. The minimum Gasteiger partial charge on any atom is -0.481 e. The number of aliphatic carboxylic acids is 1. The van der Waals surface area contributed by atoms with Crippen LogP contribution in [0.5, 0.6) is 0 Å². The quantitative estimate of drug-likeness (QED) is 0.522. The van der Waals surface area contributed by atoms with Gasteiger partial charge in [-0.2, -0.15) is 0 Å². The number of rotatable bonds is 8. The molecule has 2 unspecified atom stereocenters. The number of hydrogen-bond donors (Lipinski definition) is 2. The van der Waals surface area contributed by atoms with Gasteiger partial charge in [-0.1, -0.05) is 23.4 Å². The number of carboxylic acid groups (broad SMARTS) is 1. The van der Waals surface area contributed by atoms with Gasteiger partial charge in [-0.15, -0.1) is 11.7 Å². The van der Waals surface area contributed by atoms with Gasteiger partial charge in [0.1, 0.15) is 23.8 Å². The lowest BCUT2D eigenvalue weighted by atomic mass is 9.66. The smallest absolute Gasteiger partial charge is 0.310 e. The van der Waals surface area contributed by atoms with Crippen LogP contribution in [0.3, 0.4) is 0 Å². The average Bonchev–Trinajstić information content (AvgIpc) is 3.53. The summed E-state index contributed by atoms with van der Waals surface area (Å²) in [5.74, 6) is -4.06. The third-order valence-electron chi connectivity index (χ3n) is 7.84. The van der Waals surface area contributed by atoms with Gasteiger partial charge in [0.2, 0.25) is 11.8 Å². The van der Waals surface area contributed by atoms with Gasteiger partial charge in [-0.05, 0) is 38.8 Å². The van der Waals surface area contributed by atoms with Gasteiger partial charge in [0.25, 0.3) is 0 Å². The Bertz CT molecular complexity index is 1210. The summed E-state index contributed by atoms with van der Waals surface area (Å²) < 4.78 is 7.97. The second-order valence-corrected chi connectivity index (χ2v) is 9.91. The van der Waals surface area contributed by atoms with E-state index in [0.717, 1.165) is 5.52 Å². The van der Waals surface area contributed by atoms with Crippen LogP contribution in [0.15, 0.2) is 36.9 Å². The van der Waals surface area contributed by atoms with Gasteiger partial charge in [0.05, 0.1) is 35.6 Å². The zero-order chi connectivity index (χ0) is 25.1. The maximum atomic E-state index is 14.2. The van der Waals surface area contributed by atoms with E-state index in [-0.39, 0.29) is 19.8 Å². The Balaban J connectivity index is 1.56. The molecule has 6 atom stereocenters. The molecule has 11 nitrogen and oxygen atoms in total. The van der Waals surface area contributed by atoms with Crippen LogP contribution < -0.4 is 0 Å². The molecule has 35 heavy (non-hydrogen) atoms. The van der Waals surface area contributed by atoms with Gasteiger partial charge in [-0.25, -0.2) is 4.68 Å². The number of aliphatic hydroxyl groups excluding tert-OH is 1. The molecular weight excluding hydrogens is 454 g/mol. The van der Waals surface area contributed by atoms with Crippen molar-refractivity contribution in [1.82, 2.24) is 24.8 Å². The highest BCUT2D eigenvalue weighted by molar-refractivity contribution is 5.98. The summed E-state index contributed by atoms with van der Waals surface area (Å²) in [7, 11) is 0. The molecule has 5 rings (SSSR count). The Morgan fingerprint density at radius 3 is 2.80 bits per heavy atom. The summed E-state index contributed by atoms with van der Waals surface area (Å²) in [4.78, 5) is 43.0. The highest BCUT2D eigenvalue weighted by Crippen LogP contribution is 2.63. The Morgan fingerprint density at radius 2 is 2.11 bits per heavy atom. The normalized spacial score (nSPS) is 32.1. The first-order chi connectivity index (χ1) is 16.7. The molecule has 2 N–H and O–H groups in total. The maximum absolute atomic E-state index is 14.2. The molecule has 1 aromatic heterocycles. The van der Waals surface area contributed by atoms with Crippen molar-refractivity contribution in [2.24, 2.45) is 11.8 Å². The van der Waals surface area contributed by atoms with Crippen LogP contribution in [-0.2, 0) is 25.8 Å². The van der Waals surface area contributed by atoms with Gasteiger partial charge in [0.15, 0.2) is 0 Å². The largest absolute Gasteiger partial charge is 0.481 e. The lowest BCUT2D eigenvalue weighted by Crippen LogP contribution is -2.58. The number of carboxylic acids is 1. The number of nitrogens with zero attached hydrogens (tertiary/aromatic N) is 5. The number of amides is 2. The molecule has 11 heteroatoms. The van der Waals surface area contributed by atoms with Gasteiger partial charge >= 0.3 is 5.97 Å². The van der Waals surface area contributed by atoms with E-state index in [0.29, 0.717) is 18.4 Å². The number of para-hydroxylation sites is 1. The minimum atomic E-state index is -1.28. The molecule has 0 aliphatic carbocycles. The number of benzene rings is 1. The number of aromatic nitrogens is 3. The van der Waals surface area contributed by atoms with E-state index in [1.807, 2.05) is 24.3 Å². The van der Waals surface area contributed by atoms with Crippen molar-refractivity contribution in [3.05, 3.63) is 36.9 Å². The Labute approximate surface area is 201 Å². The average molecular weight is 484 g/mol. The summed E-state index contributed by atoms with van der Waals surface area (Å²) in [6, 6.07) is 5.59. The summed E-state index contributed by atoms with van der Waals surface area (Å²) in [6.07, 6.45) is 2.38. The van der Waals surface area contributed by atoms with Crippen molar-refractivity contribution >= 4 is 28.8 Å². The van der Waals surface area contributed by atoms with Crippen molar-refractivity contribution in [1.29, 1.82) is 0 Å². The molecule has 3 aliphatic rings. The molecular formula is C24H29N5O6. The van der Waals surface area contributed by atoms with Crippen molar-refractivity contribution < 1.29 is 29.3 Å². The van der Waals surface area contributed by atoms with E-state index in [2.05, 4.69) is 16.9 Å². The second kappa shape index (κ2) is 8.13. The van der Waals surface area contributed by atoms with E-state index in [4.69, 9.17) is 4.74 Å². The molecule has 186 valence electrons. The second-order valence-electron chi connectivity index (χ2n) is 9.91. The number of carbonyl (C=O) groups excluding carboxylic acids is 2. The summed E-state index contributed by atoms with van der Waals surface area (Å²) in [5, 5.41) is 28.3. The predicted octanol–water partition coefficient (Wildman–Crippen LogP) is 0.634. The van der Waals surface area contributed by atoms with E-state index in [1.165, 1.54) is 9.80 Å². The molecule has 1 spiro atoms. The molecule has 3 aliphatic heterocycles. The molecule has 0 saturated carbocycles. The topological polar surface area (TPSA) is 138 Å². The van der Waals surface area contributed by atoms with Crippen LogP contribution in [0, 0.1) is 11.8 Å². The first-order valence-corrected chi connectivity index (χ1v) is 11.7. The van der Waals surface area contributed by atoms with Gasteiger partial charge < -0.3 is 24.7 Å². The van der Waals surface area contributed by atoms with Gasteiger partial charge in [-0.3, -0.25) is 14.4 Å². The summed E-state index contributed by atoms with van der Waals surface area (Å²) in [6.45, 7) is 6.97.